The molecule has 1 saturated carbocycles. The predicted molar refractivity (Wildman–Crippen MR) is 102 cm³/mol. The van der Waals surface area contributed by atoms with E-state index in [9.17, 15) is 9.18 Å². The first-order chi connectivity index (χ1) is 12.1. The van der Waals surface area contributed by atoms with Gasteiger partial charge in [-0.25, -0.2) is 4.39 Å². The zero-order valence-electron chi connectivity index (χ0n) is 14.7. The number of methoxy groups -OCH3 is 1. The summed E-state index contributed by atoms with van der Waals surface area (Å²) in [5.74, 6) is 0.384. The SMILES string of the molecule is COc1ccc(C(NC(=O)C2CCC(N)C2)c2ccc(F)cc2)cc1.Cl. The lowest BCUT2D eigenvalue weighted by atomic mass is 9.97. The minimum atomic E-state index is -0.337. The number of hydrogen-bond acceptors (Lipinski definition) is 3. The van der Waals surface area contributed by atoms with E-state index in [1.807, 2.05) is 24.3 Å². The molecule has 140 valence electrons. The molecule has 0 spiro atoms. The van der Waals surface area contributed by atoms with Crippen molar-refractivity contribution < 1.29 is 13.9 Å². The Bertz CT molecular complexity index is 722. The zero-order chi connectivity index (χ0) is 17.8. The third-order valence-corrected chi connectivity index (χ3v) is 4.78. The van der Waals surface area contributed by atoms with Crippen LogP contribution < -0.4 is 15.8 Å². The van der Waals surface area contributed by atoms with Crippen LogP contribution in [0.5, 0.6) is 5.75 Å². The van der Waals surface area contributed by atoms with Gasteiger partial charge in [0.25, 0.3) is 0 Å². The van der Waals surface area contributed by atoms with E-state index in [1.54, 1.807) is 19.2 Å². The summed E-state index contributed by atoms with van der Waals surface area (Å²) in [5.41, 5.74) is 7.68. The molecule has 26 heavy (non-hydrogen) atoms. The molecule has 4 nitrogen and oxygen atoms in total. The van der Waals surface area contributed by atoms with E-state index in [4.69, 9.17) is 10.5 Å². The van der Waals surface area contributed by atoms with Gasteiger partial charge >= 0.3 is 0 Å². The monoisotopic (exact) mass is 378 g/mol. The molecule has 0 saturated heterocycles. The van der Waals surface area contributed by atoms with Crippen molar-refractivity contribution in [3.63, 3.8) is 0 Å². The van der Waals surface area contributed by atoms with Crippen LogP contribution in [0.25, 0.3) is 0 Å². The molecular weight excluding hydrogens is 355 g/mol. The van der Waals surface area contributed by atoms with Crippen LogP contribution in [0.2, 0.25) is 0 Å². The molecule has 3 N–H and O–H groups in total. The van der Waals surface area contributed by atoms with E-state index in [2.05, 4.69) is 5.32 Å². The second kappa shape index (κ2) is 9.01. The molecule has 1 amide bonds. The number of halogens is 2. The molecule has 2 aromatic rings. The lowest BCUT2D eigenvalue weighted by molar-refractivity contribution is -0.125. The third-order valence-electron chi connectivity index (χ3n) is 4.78. The average Bonchev–Trinajstić information content (AvgIpc) is 3.07. The van der Waals surface area contributed by atoms with Crippen LogP contribution in [0.15, 0.2) is 48.5 Å². The Balaban J connectivity index is 0.00000243. The van der Waals surface area contributed by atoms with Gasteiger partial charge in [-0.05, 0) is 54.7 Å². The largest absolute Gasteiger partial charge is 0.497 e. The average molecular weight is 379 g/mol. The van der Waals surface area contributed by atoms with Gasteiger partial charge < -0.3 is 15.8 Å². The Morgan fingerprint density at radius 2 is 1.69 bits per heavy atom. The number of hydrogen-bond donors (Lipinski definition) is 2. The van der Waals surface area contributed by atoms with Crippen molar-refractivity contribution in [3.05, 3.63) is 65.5 Å². The normalized spacial score (nSPS) is 20.1. The lowest BCUT2D eigenvalue weighted by Gasteiger charge is -2.22. The summed E-state index contributed by atoms with van der Waals surface area (Å²) in [7, 11) is 1.61. The van der Waals surface area contributed by atoms with Crippen molar-refractivity contribution in [1.82, 2.24) is 5.32 Å². The topological polar surface area (TPSA) is 64.3 Å². The quantitative estimate of drug-likeness (QED) is 0.835. The van der Waals surface area contributed by atoms with Crippen LogP contribution in [-0.2, 0) is 4.79 Å². The fourth-order valence-electron chi connectivity index (χ4n) is 3.33. The van der Waals surface area contributed by atoms with Gasteiger partial charge in [0.05, 0.1) is 13.2 Å². The van der Waals surface area contributed by atoms with E-state index in [0.29, 0.717) is 6.42 Å². The second-order valence-electron chi connectivity index (χ2n) is 6.54. The molecule has 6 heteroatoms. The van der Waals surface area contributed by atoms with Crippen molar-refractivity contribution in [3.8, 4) is 5.75 Å². The Labute approximate surface area is 159 Å². The van der Waals surface area contributed by atoms with Gasteiger partial charge in [-0.2, -0.15) is 0 Å². The molecule has 1 fully saturated rings. The van der Waals surface area contributed by atoms with Gasteiger partial charge in [0.1, 0.15) is 11.6 Å². The molecule has 3 unspecified atom stereocenters. The van der Waals surface area contributed by atoms with Gasteiger partial charge in [0.15, 0.2) is 0 Å². The molecule has 0 heterocycles. The molecular formula is C20H24ClFN2O2. The molecule has 1 aliphatic rings. The highest BCUT2D eigenvalue weighted by atomic mass is 35.5. The van der Waals surface area contributed by atoms with E-state index in [1.165, 1.54) is 12.1 Å². The van der Waals surface area contributed by atoms with E-state index in [-0.39, 0.29) is 42.1 Å². The van der Waals surface area contributed by atoms with Crippen LogP contribution >= 0.6 is 12.4 Å². The van der Waals surface area contributed by atoms with E-state index >= 15 is 0 Å². The number of ether oxygens (including phenoxy) is 1. The molecule has 0 radical (unpaired) electrons. The molecule has 0 bridgehead atoms. The summed E-state index contributed by atoms with van der Waals surface area (Å²) >= 11 is 0. The molecule has 2 aromatic carbocycles. The molecule has 0 aliphatic heterocycles. The summed E-state index contributed by atoms with van der Waals surface area (Å²) in [6.45, 7) is 0. The van der Waals surface area contributed by atoms with Gasteiger partial charge in [-0.1, -0.05) is 24.3 Å². The summed E-state index contributed by atoms with van der Waals surface area (Å²) < 4.78 is 18.5. The van der Waals surface area contributed by atoms with E-state index in [0.717, 1.165) is 29.7 Å². The van der Waals surface area contributed by atoms with Gasteiger partial charge in [0, 0.05) is 12.0 Å². The first kappa shape index (κ1) is 20.2. The smallest absolute Gasteiger partial charge is 0.223 e. The van der Waals surface area contributed by atoms with Crippen LogP contribution in [0.4, 0.5) is 4.39 Å². The highest BCUT2D eigenvalue weighted by Crippen LogP contribution is 2.28. The van der Waals surface area contributed by atoms with Gasteiger partial charge in [0.2, 0.25) is 5.91 Å². The van der Waals surface area contributed by atoms with Crippen LogP contribution in [0, 0.1) is 11.7 Å². The Kier molecular flexibility index (Phi) is 7.00. The Hall–Kier alpha value is -2.11. The highest BCUT2D eigenvalue weighted by Gasteiger charge is 2.29. The maximum atomic E-state index is 13.3. The van der Waals surface area contributed by atoms with Crippen molar-refractivity contribution in [2.45, 2.75) is 31.3 Å². The number of amides is 1. The zero-order valence-corrected chi connectivity index (χ0v) is 15.5. The van der Waals surface area contributed by atoms with E-state index < -0.39 is 0 Å². The maximum absolute atomic E-state index is 13.3. The molecule has 1 aliphatic carbocycles. The maximum Gasteiger partial charge on any atom is 0.223 e. The number of nitrogens with one attached hydrogen (secondary N) is 1. The fraction of sp³-hybridized carbons (Fsp3) is 0.350. The van der Waals surface area contributed by atoms with Gasteiger partial charge in [-0.3, -0.25) is 4.79 Å². The lowest BCUT2D eigenvalue weighted by Crippen LogP contribution is -2.34. The number of benzene rings is 2. The van der Waals surface area contributed by atoms with Crippen molar-refractivity contribution in [2.24, 2.45) is 11.7 Å². The van der Waals surface area contributed by atoms with Crippen LogP contribution in [0.1, 0.15) is 36.4 Å². The summed E-state index contributed by atoms with van der Waals surface area (Å²) in [5, 5.41) is 3.11. The Morgan fingerprint density at radius 3 is 2.19 bits per heavy atom. The number of carbonyl (C=O) groups is 1. The fourth-order valence-corrected chi connectivity index (χ4v) is 3.33. The van der Waals surface area contributed by atoms with Crippen LogP contribution in [0.3, 0.4) is 0 Å². The summed E-state index contributed by atoms with van der Waals surface area (Å²) in [4.78, 5) is 12.7. The third kappa shape index (κ3) is 4.74. The molecule has 0 aromatic heterocycles. The first-order valence-corrected chi connectivity index (χ1v) is 8.52. The van der Waals surface area contributed by atoms with Crippen LogP contribution in [-0.4, -0.2) is 19.1 Å². The number of rotatable bonds is 5. The van der Waals surface area contributed by atoms with Crippen molar-refractivity contribution in [1.29, 1.82) is 0 Å². The first-order valence-electron chi connectivity index (χ1n) is 8.52. The number of nitrogens with two attached hydrogens (primary N) is 1. The molecule has 3 atom stereocenters. The number of carbonyl (C=O) groups excluding carboxylic acids is 1. The molecule has 3 rings (SSSR count). The summed E-state index contributed by atoms with van der Waals surface area (Å²) in [6, 6.07) is 13.5. The Morgan fingerprint density at radius 1 is 1.12 bits per heavy atom. The van der Waals surface area contributed by atoms with Crippen molar-refractivity contribution >= 4 is 18.3 Å². The minimum Gasteiger partial charge on any atom is -0.497 e. The predicted octanol–water partition coefficient (Wildman–Crippen LogP) is 3.59. The standard InChI is InChI=1S/C20H23FN2O2.ClH/c1-25-18-10-5-14(6-11-18)19(13-2-7-16(21)8-3-13)23-20(24)15-4-9-17(22)12-15;/h2-3,5-8,10-11,15,17,19H,4,9,12,22H2,1H3,(H,23,24);1H. The minimum absolute atomic E-state index is 0. The van der Waals surface area contributed by atoms with Crippen molar-refractivity contribution in [2.75, 3.05) is 7.11 Å². The second-order valence-corrected chi connectivity index (χ2v) is 6.54. The van der Waals surface area contributed by atoms with Gasteiger partial charge in [-0.15, -0.1) is 12.4 Å². The highest BCUT2D eigenvalue weighted by molar-refractivity contribution is 5.85. The summed E-state index contributed by atoms with van der Waals surface area (Å²) in [6.07, 6.45) is 2.40.